The molecule has 0 bridgehead atoms. The fraction of sp³-hybridized carbons (Fsp3) is 0.150. The second kappa shape index (κ2) is 6.55. The number of benzene rings is 2. The number of aromatic nitrogens is 4. The minimum absolute atomic E-state index is 0.0778. The van der Waals surface area contributed by atoms with Gasteiger partial charge in [-0.05, 0) is 37.1 Å². The summed E-state index contributed by atoms with van der Waals surface area (Å²) < 4.78 is 4.03. The molecule has 2 aromatic heterocycles. The monoisotopic (exact) mass is 380 g/mol. The van der Waals surface area contributed by atoms with E-state index in [9.17, 15) is 9.59 Å². The van der Waals surface area contributed by atoms with E-state index in [0.717, 1.165) is 16.7 Å². The van der Waals surface area contributed by atoms with E-state index < -0.39 is 0 Å². The zero-order chi connectivity index (χ0) is 19.1. The summed E-state index contributed by atoms with van der Waals surface area (Å²) >= 11 is 6.17. The minimum atomic E-state index is -0.373. The van der Waals surface area contributed by atoms with Crippen molar-refractivity contribution >= 4 is 17.2 Å². The fourth-order valence-electron chi connectivity index (χ4n) is 3.03. The molecule has 0 unspecified atom stereocenters. The van der Waals surface area contributed by atoms with Crippen LogP contribution in [0.2, 0.25) is 5.02 Å². The second-order valence-corrected chi connectivity index (χ2v) is 6.88. The van der Waals surface area contributed by atoms with Gasteiger partial charge in [-0.1, -0.05) is 47.5 Å². The average Bonchev–Trinajstić information content (AvgIpc) is 2.97. The molecule has 7 heteroatoms. The molecule has 0 atom stereocenters. The molecule has 0 saturated heterocycles. The standard InChI is InChI=1S/C20H17ClN4O2/c1-13-6-8-15(9-7-13)12-25-20(27)24-11-10-23(19(26)18(24)22-25)17-5-3-4-16(21)14(17)2/h3-11H,12H2,1-2H3. The van der Waals surface area contributed by atoms with Crippen LogP contribution in [0.15, 0.2) is 64.4 Å². The van der Waals surface area contributed by atoms with Gasteiger partial charge in [0, 0.05) is 17.4 Å². The van der Waals surface area contributed by atoms with Crippen molar-refractivity contribution in [1.82, 2.24) is 18.7 Å². The molecule has 0 aliphatic rings. The quantitative estimate of drug-likeness (QED) is 0.549. The number of hydrogen-bond donors (Lipinski definition) is 0. The maximum absolute atomic E-state index is 12.9. The third-order valence-corrected chi connectivity index (χ3v) is 5.01. The Hall–Kier alpha value is -3.12. The van der Waals surface area contributed by atoms with Crippen LogP contribution in [0.25, 0.3) is 11.3 Å². The molecule has 0 N–H and O–H groups in total. The molecular weight excluding hydrogens is 364 g/mol. The van der Waals surface area contributed by atoms with Gasteiger partial charge in [-0.25, -0.2) is 13.9 Å². The molecule has 0 aliphatic heterocycles. The summed E-state index contributed by atoms with van der Waals surface area (Å²) in [5.74, 6) is 0. The van der Waals surface area contributed by atoms with Crippen molar-refractivity contribution in [2.45, 2.75) is 20.4 Å². The average molecular weight is 381 g/mol. The van der Waals surface area contributed by atoms with Gasteiger partial charge >= 0.3 is 11.2 Å². The van der Waals surface area contributed by atoms with Crippen molar-refractivity contribution in [3.63, 3.8) is 0 Å². The van der Waals surface area contributed by atoms with Gasteiger partial charge in [-0.3, -0.25) is 9.36 Å². The summed E-state index contributed by atoms with van der Waals surface area (Å²) in [6.07, 6.45) is 3.12. The highest BCUT2D eigenvalue weighted by Crippen LogP contribution is 2.21. The SMILES string of the molecule is Cc1ccc(Cn2nc3c(=O)n(-c4cccc(Cl)c4C)ccn3c2=O)cc1. The van der Waals surface area contributed by atoms with Gasteiger partial charge in [-0.15, -0.1) is 5.10 Å². The van der Waals surface area contributed by atoms with Crippen LogP contribution < -0.4 is 11.2 Å². The molecule has 0 aliphatic carbocycles. The fourth-order valence-corrected chi connectivity index (χ4v) is 3.19. The van der Waals surface area contributed by atoms with Crippen molar-refractivity contribution in [1.29, 1.82) is 0 Å². The van der Waals surface area contributed by atoms with E-state index in [-0.39, 0.29) is 16.9 Å². The first-order valence-electron chi connectivity index (χ1n) is 8.47. The second-order valence-electron chi connectivity index (χ2n) is 6.48. The molecule has 2 heterocycles. The third-order valence-electron chi connectivity index (χ3n) is 4.60. The first kappa shape index (κ1) is 17.3. The lowest BCUT2D eigenvalue weighted by atomic mass is 10.1. The van der Waals surface area contributed by atoms with Gasteiger partial charge in [-0.2, -0.15) is 0 Å². The Kier molecular flexibility index (Phi) is 4.20. The smallest absolute Gasteiger partial charge is 0.279 e. The zero-order valence-electron chi connectivity index (χ0n) is 14.9. The van der Waals surface area contributed by atoms with E-state index >= 15 is 0 Å². The lowest BCUT2D eigenvalue weighted by molar-refractivity contribution is 0.658. The third kappa shape index (κ3) is 2.98. The topological polar surface area (TPSA) is 61.3 Å². The van der Waals surface area contributed by atoms with Gasteiger partial charge in [0.1, 0.15) is 0 Å². The van der Waals surface area contributed by atoms with Crippen molar-refractivity contribution < 1.29 is 0 Å². The van der Waals surface area contributed by atoms with E-state index in [0.29, 0.717) is 17.3 Å². The van der Waals surface area contributed by atoms with E-state index in [1.54, 1.807) is 30.6 Å². The number of fused-ring (bicyclic) bond motifs is 1. The molecule has 0 spiro atoms. The highest BCUT2D eigenvalue weighted by atomic mass is 35.5. The van der Waals surface area contributed by atoms with E-state index in [1.807, 2.05) is 38.1 Å². The Labute approximate surface area is 159 Å². The molecular formula is C20H17ClN4O2. The summed E-state index contributed by atoms with van der Waals surface area (Å²) in [7, 11) is 0. The predicted molar refractivity (Wildman–Crippen MR) is 105 cm³/mol. The Balaban J connectivity index is 1.84. The minimum Gasteiger partial charge on any atom is -0.279 e. The van der Waals surface area contributed by atoms with Crippen LogP contribution in [-0.2, 0) is 6.54 Å². The largest absolute Gasteiger partial charge is 0.350 e. The van der Waals surface area contributed by atoms with Crippen LogP contribution in [0.4, 0.5) is 0 Å². The van der Waals surface area contributed by atoms with Crippen LogP contribution in [0.1, 0.15) is 16.7 Å². The normalized spacial score (nSPS) is 11.2. The molecule has 4 rings (SSSR count). The van der Waals surface area contributed by atoms with Crippen molar-refractivity contribution in [3.8, 4) is 5.69 Å². The summed E-state index contributed by atoms with van der Waals surface area (Å²) in [6, 6.07) is 13.2. The number of rotatable bonds is 3. The molecule has 27 heavy (non-hydrogen) atoms. The van der Waals surface area contributed by atoms with Crippen LogP contribution >= 0.6 is 11.6 Å². The van der Waals surface area contributed by atoms with Crippen molar-refractivity contribution in [3.05, 3.63) is 97.4 Å². The summed E-state index contributed by atoms with van der Waals surface area (Å²) in [6.45, 7) is 4.15. The van der Waals surface area contributed by atoms with Crippen molar-refractivity contribution in [2.75, 3.05) is 0 Å². The Bertz CT molecular complexity index is 1270. The molecule has 0 fully saturated rings. The van der Waals surface area contributed by atoms with Gasteiger partial charge < -0.3 is 0 Å². The number of nitrogens with zero attached hydrogens (tertiary/aromatic N) is 4. The highest BCUT2D eigenvalue weighted by Gasteiger charge is 2.14. The molecule has 0 amide bonds. The van der Waals surface area contributed by atoms with E-state index in [2.05, 4.69) is 5.10 Å². The molecule has 4 aromatic rings. The van der Waals surface area contributed by atoms with Crippen LogP contribution in [-0.4, -0.2) is 18.7 Å². The molecule has 6 nitrogen and oxygen atoms in total. The number of aryl methyl sites for hydroxylation is 1. The van der Waals surface area contributed by atoms with Crippen LogP contribution in [0, 0.1) is 13.8 Å². The van der Waals surface area contributed by atoms with E-state index in [1.165, 1.54) is 13.6 Å². The Morgan fingerprint density at radius 1 is 1.00 bits per heavy atom. The lowest BCUT2D eigenvalue weighted by Crippen LogP contribution is -2.24. The number of hydrogen-bond acceptors (Lipinski definition) is 3. The zero-order valence-corrected chi connectivity index (χ0v) is 15.6. The molecule has 136 valence electrons. The molecule has 0 radical (unpaired) electrons. The Morgan fingerprint density at radius 2 is 1.74 bits per heavy atom. The maximum atomic E-state index is 12.9. The first-order chi connectivity index (χ1) is 13.0. The van der Waals surface area contributed by atoms with Crippen LogP contribution in [0.3, 0.4) is 0 Å². The lowest BCUT2D eigenvalue weighted by Gasteiger charge is -2.09. The van der Waals surface area contributed by atoms with Gasteiger partial charge in [0.05, 0.1) is 12.2 Å². The van der Waals surface area contributed by atoms with E-state index in [4.69, 9.17) is 11.6 Å². The van der Waals surface area contributed by atoms with Crippen LogP contribution in [0.5, 0.6) is 0 Å². The first-order valence-corrected chi connectivity index (χ1v) is 8.85. The molecule has 2 aromatic carbocycles. The summed E-state index contributed by atoms with van der Waals surface area (Å²) in [5, 5.41) is 4.84. The van der Waals surface area contributed by atoms with Gasteiger partial charge in [0.2, 0.25) is 5.65 Å². The van der Waals surface area contributed by atoms with Gasteiger partial charge in [0.25, 0.3) is 0 Å². The Morgan fingerprint density at radius 3 is 2.48 bits per heavy atom. The van der Waals surface area contributed by atoms with Crippen molar-refractivity contribution in [2.24, 2.45) is 0 Å². The number of halogens is 1. The summed E-state index contributed by atoms with van der Waals surface area (Å²) in [4.78, 5) is 25.6. The predicted octanol–water partition coefficient (Wildman–Crippen LogP) is 2.97. The van der Waals surface area contributed by atoms with Gasteiger partial charge in [0.15, 0.2) is 0 Å². The maximum Gasteiger partial charge on any atom is 0.350 e. The highest BCUT2D eigenvalue weighted by molar-refractivity contribution is 6.31. The molecule has 0 saturated carbocycles. The summed E-state index contributed by atoms with van der Waals surface area (Å²) in [5.41, 5.74) is 2.88.